The van der Waals surface area contributed by atoms with Gasteiger partial charge in [-0.3, -0.25) is 19.2 Å². The third-order valence-corrected chi connectivity index (χ3v) is 13.1. The number of nitrogens with one attached hydrogen (secondary N) is 3. The summed E-state index contributed by atoms with van der Waals surface area (Å²) in [6, 6.07) is -1.34. The van der Waals surface area contributed by atoms with Crippen LogP contribution in [0.2, 0.25) is 0 Å². The Kier molecular flexibility index (Phi) is 26.6. The topological polar surface area (TPSA) is 346 Å². The van der Waals surface area contributed by atoms with Crippen molar-refractivity contribution in [3.63, 3.8) is 0 Å². The van der Waals surface area contributed by atoms with Crippen molar-refractivity contribution in [3.8, 4) is 0 Å². The fraction of sp³-hybridized carbons (Fsp3) is 0.891. The average molecular weight is 1010 g/mol. The molecule has 0 aromatic heterocycles. The first kappa shape index (κ1) is 59.4. The van der Waals surface area contributed by atoms with Crippen molar-refractivity contribution in [2.24, 2.45) is 17.8 Å². The molecule has 4 aliphatic rings. The van der Waals surface area contributed by atoms with Crippen LogP contribution in [0.5, 0.6) is 0 Å². The summed E-state index contributed by atoms with van der Waals surface area (Å²) in [5.41, 5.74) is 0. The van der Waals surface area contributed by atoms with Gasteiger partial charge in [0.05, 0.1) is 84.2 Å². The van der Waals surface area contributed by atoms with E-state index in [1.807, 2.05) is 6.92 Å². The molecule has 10 N–H and O–H groups in total. The van der Waals surface area contributed by atoms with Crippen molar-refractivity contribution in [2.75, 3.05) is 72.6 Å². The van der Waals surface area contributed by atoms with Crippen LogP contribution in [0, 0.1) is 17.8 Å². The zero-order valence-corrected chi connectivity index (χ0v) is 40.6. The minimum absolute atomic E-state index is 0.0356. The summed E-state index contributed by atoms with van der Waals surface area (Å²) in [6.07, 6.45) is -11.1. The Morgan fingerprint density at radius 1 is 0.700 bits per heavy atom. The van der Waals surface area contributed by atoms with Gasteiger partial charge in [-0.1, -0.05) is 45.4 Å². The number of carbonyl (C=O) groups excluding carboxylic acids is 3. The quantitative estimate of drug-likeness (QED) is 0.0356. The second-order valence-electron chi connectivity index (χ2n) is 18.4. The molecule has 24 heteroatoms. The molecule has 2 aliphatic carbocycles. The lowest BCUT2D eigenvalue weighted by molar-refractivity contribution is -0.338. The number of aliphatic hydroxyl groups excluding tert-OH is 5. The molecule has 0 bridgehead atoms. The Morgan fingerprint density at radius 3 is 1.90 bits per heavy atom. The molecule has 0 aromatic carbocycles. The highest BCUT2D eigenvalue weighted by atomic mass is 16.7. The van der Waals surface area contributed by atoms with Crippen LogP contribution in [-0.4, -0.2) is 218 Å². The number of hydrogen-bond acceptors (Lipinski definition) is 19. The van der Waals surface area contributed by atoms with Crippen molar-refractivity contribution in [1.82, 2.24) is 16.0 Å². The third-order valence-electron chi connectivity index (χ3n) is 13.1. The van der Waals surface area contributed by atoms with Crippen LogP contribution in [0.25, 0.3) is 0 Å². The number of carbonyl (C=O) groups is 5. The average Bonchev–Trinajstić information content (AvgIpc) is 3.33. The van der Waals surface area contributed by atoms with E-state index < -0.39 is 116 Å². The van der Waals surface area contributed by atoms with Gasteiger partial charge in [0.15, 0.2) is 18.7 Å². The van der Waals surface area contributed by atoms with E-state index in [9.17, 15) is 54.6 Å². The lowest BCUT2D eigenvalue weighted by Gasteiger charge is -2.49. The molecule has 404 valence electrons. The smallest absolute Gasteiger partial charge is 0.332 e. The van der Waals surface area contributed by atoms with Gasteiger partial charge in [-0.05, 0) is 38.0 Å². The van der Waals surface area contributed by atoms with Crippen molar-refractivity contribution in [3.05, 3.63) is 0 Å². The molecule has 70 heavy (non-hydrogen) atoms. The van der Waals surface area contributed by atoms with Gasteiger partial charge in [0.25, 0.3) is 0 Å². The number of aliphatic carboxylic acids is 2. The van der Waals surface area contributed by atoms with Gasteiger partial charge in [0.2, 0.25) is 17.7 Å². The SMILES string of the molecule is CCC1CC(C(=O)NCCNC(=O)CCOCCOCCOCCOCCC(=O)O)C[C@@H](O[C@@H]2OC(CO)[C@H](O)C(O[C@@H](CC3CCCCC3)C(=O)O)C2NC(C)=O)[C@@H]1O[C@@H]1OC(C)[C@@H](O)[C@H](O)C1O. The summed E-state index contributed by atoms with van der Waals surface area (Å²) in [7, 11) is 0. The molecule has 24 nitrogen and oxygen atoms in total. The largest absolute Gasteiger partial charge is 0.481 e. The molecule has 3 amide bonds. The van der Waals surface area contributed by atoms with Crippen molar-refractivity contribution in [1.29, 1.82) is 0 Å². The summed E-state index contributed by atoms with van der Waals surface area (Å²) in [5, 5.41) is 81.0. The Balaban J connectivity index is 1.37. The number of carboxylic acid groups (broad SMARTS) is 2. The summed E-state index contributed by atoms with van der Waals surface area (Å²) in [6.45, 7) is 6.03. The highest BCUT2D eigenvalue weighted by Crippen LogP contribution is 2.40. The van der Waals surface area contributed by atoms with Gasteiger partial charge in [0.1, 0.15) is 42.7 Å². The molecular weight excluding hydrogens is 931 g/mol. The molecule has 0 aromatic rings. The normalized spacial score (nSPS) is 32.2. The predicted molar refractivity (Wildman–Crippen MR) is 242 cm³/mol. The number of aliphatic hydroxyl groups is 5. The fourth-order valence-corrected chi connectivity index (χ4v) is 9.28. The van der Waals surface area contributed by atoms with E-state index in [1.54, 1.807) is 0 Å². The van der Waals surface area contributed by atoms with E-state index in [-0.39, 0.29) is 96.0 Å². The van der Waals surface area contributed by atoms with Crippen LogP contribution in [0.3, 0.4) is 0 Å². The molecule has 2 saturated heterocycles. The van der Waals surface area contributed by atoms with E-state index >= 15 is 0 Å². The minimum atomic E-state index is -1.68. The molecule has 2 aliphatic heterocycles. The molecule has 15 atom stereocenters. The van der Waals surface area contributed by atoms with E-state index in [0.29, 0.717) is 26.2 Å². The van der Waals surface area contributed by atoms with Gasteiger partial charge in [-0.15, -0.1) is 0 Å². The Labute approximate surface area is 408 Å². The van der Waals surface area contributed by atoms with Crippen molar-refractivity contribution in [2.45, 2.75) is 171 Å². The summed E-state index contributed by atoms with van der Waals surface area (Å²) in [4.78, 5) is 62.2. The third kappa shape index (κ3) is 19.3. The fourth-order valence-electron chi connectivity index (χ4n) is 9.28. The first-order valence-electron chi connectivity index (χ1n) is 24.7. The maximum absolute atomic E-state index is 13.9. The highest BCUT2D eigenvalue weighted by molar-refractivity contribution is 5.79. The number of ether oxygens (including phenoxy) is 9. The van der Waals surface area contributed by atoms with Crippen LogP contribution in [0.1, 0.15) is 91.4 Å². The van der Waals surface area contributed by atoms with E-state index in [0.717, 1.165) is 32.1 Å². The molecule has 4 fully saturated rings. The summed E-state index contributed by atoms with van der Waals surface area (Å²) in [5.74, 6) is -4.59. The highest BCUT2D eigenvalue weighted by Gasteiger charge is 2.53. The van der Waals surface area contributed by atoms with E-state index in [1.165, 1.54) is 13.8 Å². The van der Waals surface area contributed by atoms with Crippen molar-refractivity contribution < 1.29 is 102 Å². The monoisotopic (exact) mass is 1010 g/mol. The molecule has 0 radical (unpaired) electrons. The number of rotatable bonds is 31. The van der Waals surface area contributed by atoms with Gasteiger partial charge < -0.3 is 94.3 Å². The Bertz CT molecular complexity index is 1580. The lowest BCUT2D eigenvalue weighted by Crippen LogP contribution is -2.67. The van der Waals surface area contributed by atoms with E-state index in [4.69, 9.17) is 47.7 Å². The lowest BCUT2D eigenvalue weighted by atomic mass is 9.75. The Hall–Kier alpha value is -3.21. The second kappa shape index (κ2) is 31.4. The van der Waals surface area contributed by atoms with Crippen LogP contribution in [0.15, 0.2) is 0 Å². The van der Waals surface area contributed by atoms with Crippen LogP contribution >= 0.6 is 0 Å². The predicted octanol–water partition coefficient (Wildman–Crippen LogP) is -1.42. The zero-order valence-electron chi connectivity index (χ0n) is 40.6. The first-order chi connectivity index (χ1) is 33.5. The molecule has 7 unspecified atom stereocenters. The molecule has 2 heterocycles. The molecule has 4 rings (SSSR count). The molecule has 2 saturated carbocycles. The van der Waals surface area contributed by atoms with E-state index in [2.05, 4.69) is 16.0 Å². The Morgan fingerprint density at radius 2 is 1.31 bits per heavy atom. The standard InChI is InChI=1S/C46H79N3O21/c1-4-29-23-30(43(59)48-13-12-47-34(52)10-14-62-16-18-64-20-21-65-19-17-63-15-11-35(53)54)24-31(41(29)70-46-40(58)39(57)37(55)26(2)66-46)68-45-36(49-27(3)51)42(38(56)33(25-50)69-45)67-32(44(60)61)22-28-8-6-5-7-9-28/h26,28-33,36-42,45-46,50,55-58H,4-25H2,1-3H3,(H,47,52)(H,48,59)(H,49,51)(H,53,54)(H,60,61)/t26?,29?,30?,31-,32+,33?,36?,37-,38+,39+,40?,41-,42?,45-,46+/m1/s1. The van der Waals surface area contributed by atoms with Crippen LogP contribution in [-0.2, 0) is 66.6 Å². The van der Waals surface area contributed by atoms with Gasteiger partial charge in [0, 0.05) is 32.4 Å². The number of hydrogen-bond donors (Lipinski definition) is 10. The van der Waals surface area contributed by atoms with Crippen LogP contribution in [0.4, 0.5) is 0 Å². The van der Waals surface area contributed by atoms with Gasteiger partial charge >= 0.3 is 11.9 Å². The van der Waals surface area contributed by atoms with Crippen LogP contribution < -0.4 is 16.0 Å². The maximum atomic E-state index is 13.9. The zero-order chi connectivity index (χ0) is 51.2. The van der Waals surface area contributed by atoms with Crippen molar-refractivity contribution >= 4 is 29.7 Å². The van der Waals surface area contributed by atoms with Gasteiger partial charge in [-0.25, -0.2) is 4.79 Å². The van der Waals surface area contributed by atoms with Gasteiger partial charge in [-0.2, -0.15) is 0 Å². The molecular formula is C46H79N3O21. The maximum Gasteiger partial charge on any atom is 0.332 e. The summed E-state index contributed by atoms with van der Waals surface area (Å²) >= 11 is 0. The second-order valence-corrected chi connectivity index (χ2v) is 18.4. The minimum Gasteiger partial charge on any atom is -0.481 e. The number of carboxylic acids is 2. The first-order valence-corrected chi connectivity index (χ1v) is 24.7. The molecule has 0 spiro atoms. The summed E-state index contributed by atoms with van der Waals surface area (Å²) < 4.78 is 52.5. The number of amides is 3.